The molecule has 27 heavy (non-hydrogen) atoms. The number of hydrogen-bond acceptors (Lipinski definition) is 7. The fourth-order valence-corrected chi connectivity index (χ4v) is 4.10. The minimum atomic E-state index is -1.09. The number of aliphatic hydroxyl groups excluding tert-OH is 3. The van der Waals surface area contributed by atoms with E-state index in [0.717, 1.165) is 0 Å². The van der Waals surface area contributed by atoms with Gasteiger partial charge in [-0.15, -0.1) is 0 Å². The lowest BCUT2D eigenvalue weighted by atomic mass is 9.76. The first-order valence-electron chi connectivity index (χ1n) is 9.86. The van der Waals surface area contributed by atoms with Crippen molar-refractivity contribution >= 4 is 11.8 Å². The molecular weight excluding hydrogens is 352 g/mol. The number of carbonyl (C=O) groups is 2. The Kier molecular flexibility index (Phi) is 6.72. The number of cyclic esters (lactones) is 1. The average molecular weight is 386 g/mol. The van der Waals surface area contributed by atoms with Gasteiger partial charge in [0, 0.05) is 17.8 Å². The first kappa shape index (κ1) is 22.3. The Morgan fingerprint density at radius 3 is 1.89 bits per heavy atom. The third kappa shape index (κ3) is 4.36. The lowest BCUT2D eigenvalue weighted by molar-refractivity contribution is -0.165. The van der Waals surface area contributed by atoms with Crippen LogP contribution in [-0.4, -0.2) is 63.7 Å². The Hall–Kier alpha value is -1.02. The second kappa shape index (κ2) is 8.15. The summed E-state index contributed by atoms with van der Waals surface area (Å²) in [5.74, 6) is -3.65. The minimum Gasteiger partial charge on any atom is -0.462 e. The number of epoxide rings is 1. The first-order chi connectivity index (χ1) is 12.4. The lowest BCUT2D eigenvalue weighted by Crippen LogP contribution is -2.47. The number of aliphatic hydroxyl groups is 3. The van der Waals surface area contributed by atoms with Gasteiger partial charge in [-0.3, -0.25) is 9.59 Å². The van der Waals surface area contributed by atoms with Crippen molar-refractivity contribution in [2.24, 2.45) is 29.6 Å². The van der Waals surface area contributed by atoms with Gasteiger partial charge in [0.05, 0.1) is 30.8 Å². The summed E-state index contributed by atoms with van der Waals surface area (Å²) in [6.07, 6.45) is -3.32. The van der Waals surface area contributed by atoms with Gasteiger partial charge in [-0.05, 0) is 26.2 Å². The molecule has 0 radical (unpaired) electrons. The molecule has 7 heteroatoms. The maximum Gasteiger partial charge on any atom is 0.311 e. The van der Waals surface area contributed by atoms with E-state index < -0.39 is 59.7 Å². The Morgan fingerprint density at radius 2 is 1.37 bits per heavy atom. The number of Topliss-reactive ketones (excluding diaryl/α,β-unsaturated/α-hetero) is 1. The van der Waals surface area contributed by atoms with Gasteiger partial charge in [0.15, 0.2) is 11.4 Å². The number of ketones is 1. The van der Waals surface area contributed by atoms with E-state index in [9.17, 15) is 24.9 Å². The molecule has 2 fully saturated rings. The fourth-order valence-electron chi connectivity index (χ4n) is 4.10. The molecule has 2 rings (SSSR count). The summed E-state index contributed by atoms with van der Waals surface area (Å²) in [5, 5.41) is 31.9. The Morgan fingerprint density at radius 1 is 0.852 bits per heavy atom. The van der Waals surface area contributed by atoms with E-state index in [4.69, 9.17) is 9.47 Å². The maximum absolute atomic E-state index is 13.0. The van der Waals surface area contributed by atoms with Crippen molar-refractivity contribution in [3.05, 3.63) is 0 Å². The Bertz CT molecular complexity index is 559. The number of ether oxygens (including phenoxy) is 2. The van der Waals surface area contributed by atoms with Crippen LogP contribution in [0.2, 0.25) is 0 Å². The molecule has 156 valence electrons. The van der Waals surface area contributed by atoms with Crippen LogP contribution in [-0.2, 0) is 19.1 Å². The molecule has 1 spiro atoms. The largest absolute Gasteiger partial charge is 0.462 e. The van der Waals surface area contributed by atoms with E-state index in [1.54, 1.807) is 41.5 Å². The zero-order chi connectivity index (χ0) is 20.7. The van der Waals surface area contributed by atoms with Gasteiger partial charge in [-0.25, -0.2) is 0 Å². The van der Waals surface area contributed by atoms with Crippen molar-refractivity contribution in [2.75, 3.05) is 6.61 Å². The number of rotatable bonds is 0. The molecule has 2 aliphatic heterocycles. The SMILES string of the molecule is C[C@@H]1[C@@H](O)[C@@H](C)C[C@@]2(CO2)C(=O)[C@H](C)[C@@H](O)[C@@H](C)[C@@H](C)OC(=O)[C@H](C)[C@H]1O. The quantitative estimate of drug-likeness (QED) is 0.419. The van der Waals surface area contributed by atoms with Gasteiger partial charge in [-0.1, -0.05) is 27.7 Å². The maximum atomic E-state index is 13.0. The third-order valence-corrected chi connectivity index (χ3v) is 6.65. The highest BCUT2D eigenvalue weighted by atomic mass is 16.6. The number of hydrogen-bond donors (Lipinski definition) is 3. The van der Waals surface area contributed by atoms with Crippen LogP contribution in [0.25, 0.3) is 0 Å². The van der Waals surface area contributed by atoms with Crippen molar-refractivity contribution in [2.45, 2.75) is 78.0 Å². The number of carbonyl (C=O) groups excluding carboxylic acids is 2. The van der Waals surface area contributed by atoms with Crippen LogP contribution in [0.15, 0.2) is 0 Å². The fraction of sp³-hybridized carbons (Fsp3) is 0.900. The van der Waals surface area contributed by atoms with E-state index in [-0.39, 0.29) is 18.3 Å². The highest BCUT2D eigenvalue weighted by Gasteiger charge is 2.56. The van der Waals surface area contributed by atoms with Crippen LogP contribution in [0.4, 0.5) is 0 Å². The second-order valence-corrected chi connectivity index (χ2v) is 8.74. The van der Waals surface area contributed by atoms with E-state index in [2.05, 4.69) is 0 Å². The van der Waals surface area contributed by atoms with Gasteiger partial charge in [0.25, 0.3) is 0 Å². The molecule has 2 heterocycles. The summed E-state index contributed by atoms with van der Waals surface area (Å²) in [6.45, 7) is 10.4. The van der Waals surface area contributed by atoms with E-state index in [1.807, 2.05) is 0 Å². The van der Waals surface area contributed by atoms with Crippen LogP contribution in [0.1, 0.15) is 48.0 Å². The molecule has 0 unspecified atom stereocenters. The lowest BCUT2D eigenvalue weighted by Gasteiger charge is -2.35. The van der Waals surface area contributed by atoms with Crippen molar-refractivity contribution < 1.29 is 34.4 Å². The van der Waals surface area contributed by atoms with Gasteiger partial charge in [0.1, 0.15) is 6.10 Å². The number of esters is 1. The molecule has 2 aliphatic rings. The Labute approximate surface area is 161 Å². The molecule has 0 bridgehead atoms. The zero-order valence-corrected chi connectivity index (χ0v) is 17.1. The molecule has 2 saturated heterocycles. The molecule has 0 saturated carbocycles. The highest BCUT2D eigenvalue weighted by Crippen LogP contribution is 2.41. The van der Waals surface area contributed by atoms with E-state index >= 15 is 0 Å². The predicted molar refractivity (Wildman–Crippen MR) is 97.7 cm³/mol. The molecule has 0 aromatic carbocycles. The van der Waals surface area contributed by atoms with Crippen molar-refractivity contribution in [1.82, 2.24) is 0 Å². The normalized spacial score (nSPS) is 50.2. The standard InChI is InChI=1S/C20H34O7/c1-9-7-20(8-26-20)18(24)12(4)16(22)10(2)14(6)27-19(25)13(5)17(23)11(3)15(9)21/h9-17,21-23H,7-8H2,1-6H3/t9-,10-,11+,12+,13+,14+,15-,16-,17-,20+/m0/s1. The molecule has 0 aromatic heterocycles. The van der Waals surface area contributed by atoms with Gasteiger partial charge in [0.2, 0.25) is 0 Å². The van der Waals surface area contributed by atoms with Crippen LogP contribution >= 0.6 is 0 Å². The molecule has 3 N–H and O–H groups in total. The molecule has 7 nitrogen and oxygen atoms in total. The summed E-state index contributed by atoms with van der Waals surface area (Å²) < 4.78 is 10.9. The van der Waals surface area contributed by atoms with Gasteiger partial charge >= 0.3 is 5.97 Å². The summed E-state index contributed by atoms with van der Waals surface area (Å²) in [5.41, 5.74) is -0.985. The summed E-state index contributed by atoms with van der Waals surface area (Å²) in [6, 6.07) is 0. The predicted octanol–water partition coefficient (Wildman–Crippen LogP) is 0.923. The van der Waals surface area contributed by atoms with E-state index in [1.165, 1.54) is 0 Å². The molecule has 10 atom stereocenters. The van der Waals surface area contributed by atoms with Crippen molar-refractivity contribution in [1.29, 1.82) is 0 Å². The molecule has 0 aliphatic carbocycles. The van der Waals surface area contributed by atoms with Gasteiger partial charge in [-0.2, -0.15) is 0 Å². The molecule has 0 aromatic rings. The summed E-state index contributed by atoms with van der Waals surface area (Å²) in [4.78, 5) is 25.4. The van der Waals surface area contributed by atoms with Crippen LogP contribution in [0.5, 0.6) is 0 Å². The summed E-state index contributed by atoms with van der Waals surface area (Å²) >= 11 is 0. The van der Waals surface area contributed by atoms with Crippen LogP contribution in [0.3, 0.4) is 0 Å². The van der Waals surface area contributed by atoms with Crippen molar-refractivity contribution in [3.63, 3.8) is 0 Å². The zero-order valence-electron chi connectivity index (χ0n) is 17.1. The molecular formula is C20H34O7. The van der Waals surface area contributed by atoms with Crippen LogP contribution < -0.4 is 0 Å². The van der Waals surface area contributed by atoms with Crippen LogP contribution in [0, 0.1) is 29.6 Å². The monoisotopic (exact) mass is 386 g/mol. The molecule has 0 amide bonds. The van der Waals surface area contributed by atoms with Crippen molar-refractivity contribution in [3.8, 4) is 0 Å². The average Bonchev–Trinajstić information content (AvgIpc) is 3.42. The smallest absolute Gasteiger partial charge is 0.311 e. The summed E-state index contributed by atoms with van der Waals surface area (Å²) in [7, 11) is 0. The highest BCUT2D eigenvalue weighted by molar-refractivity contribution is 5.92. The van der Waals surface area contributed by atoms with Gasteiger partial charge < -0.3 is 24.8 Å². The minimum absolute atomic E-state index is 0.196. The third-order valence-electron chi connectivity index (χ3n) is 6.65. The topological polar surface area (TPSA) is 117 Å². The van der Waals surface area contributed by atoms with E-state index in [0.29, 0.717) is 6.42 Å². The first-order valence-corrected chi connectivity index (χ1v) is 9.86. The Balaban J connectivity index is 2.34. The second-order valence-electron chi connectivity index (χ2n) is 8.74.